The summed E-state index contributed by atoms with van der Waals surface area (Å²) in [5.74, 6) is -0.388. The fraction of sp³-hybridized carbons (Fsp3) is 0.160. The molecule has 0 saturated heterocycles. The minimum Gasteiger partial charge on any atom is -0.325 e. The van der Waals surface area contributed by atoms with Crippen LogP contribution < -0.4 is 10.9 Å². The SMILES string of the molecule is Cc1ccc(C)c(-n2c(SCC(=O)Nc3cccc([N+](=O)[O-])c3C)nc3ccccc3c2=O)c1. The van der Waals surface area contributed by atoms with Gasteiger partial charge in [-0.2, -0.15) is 0 Å². The van der Waals surface area contributed by atoms with Crippen molar-refractivity contribution >= 4 is 39.9 Å². The molecule has 34 heavy (non-hydrogen) atoms. The summed E-state index contributed by atoms with van der Waals surface area (Å²) >= 11 is 1.14. The van der Waals surface area contributed by atoms with Crippen LogP contribution in [0.3, 0.4) is 0 Å². The van der Waals surface area contributed by atoms with Gasteiger partial charge in [-0.3, -0.25) is 24.3 Å². The van der Waals surface area contributed by atoms with Gasteiger partial charge in [-0.1, -0.05) is 42.1 Å². The van der Waals surface area contributed by atoms with Gasteiger partial charge in [-0.15, -0.1) is 0 Å². The maximum Gasteiger partial charge on any atom is 0.274 e. The van der Waals surface area contributed by atoms with Crippen LogP contribution in [0.2, 0.25) is 0 Å². The average molecular weight is 475 g/mol. The first-order valence-corrected chi connectivity index (χ1v) is 11.5. The van der Waals surface area contributed by atoms with Gasteiger partial charge in [0.05, 0.1) is 38.5 Å². The number of hydrogen-bond donors (Lipinski definition) is 1. The molecule has 0 radical (unpaired) electrons. The van der Waals surface area contributed by atoms with E-state index in [1.165, 1.54) is 12.1 Å². The van der Waals surface area contributed by atoms with Crippen molar-refractivity contribution in [3.8, 4) is 5.69 Å². The number of rotatable bonds is 6. The molecule has 8 nitrogen and oxygen atoms in total. The molecule has 0 unspecified atom stereocenters. The molecule has 0 aliphatic heterocycles. The first-order chi connectivity index (χ1) is 16.3. The van der Waals surface area contributed by atoms with E-state index >= 15 is 0 Å². The van der Waals surface area contributed by atoms with Gasteiger partial charge in [-0.25, -0.2) is 4.98 Å². The van der Waals surface area contributed by atoms with Gasteiger partial charge in [0.1, 0.15) is 0 Å². The first-order valence-electron chi connectivity index (χ1n) is 10.5. The normalized spacial score (nSPS) is 10.9. The molecule has 4 rings (SSSR count). The Kier molecular flexibility index (Phi) is 6.47. The Balaban J connectivity index is 1.69. The van der Waals surface area contributed by atoms with Crippen molar-refractivity contribution in [1.82, 2.24) is 9.55 Å². The van der Waals surface area contributed by atoms with E-state index in [1.54, 1.807) is 35.8 Å². The molecule has 4 aromatic rings. The standard InChI is InChI=1S/C25H22N4O4S/c1-15-11-12-16(2)22(13-15)28-24(31)18-7-4-5-8-20(18)27-25(28)34-14-23(30)26-19-9-6-10-21(17(19)3)29(32)33/h4-13H,14H2,1-3H3,(H,26,30). The van der Waals surface area contributed by atoms with Gasteiger partial charge >= 0.3 is 0 Å². The van der Waals surface area contributed by atoms with Crippen molar-refractivity contribution in [2.75, 3.05) is 11.1 Å². The molecule has 0 spiro atoms. The molecule has 172 valence electrons. The van der Waals surface area contributed by atoms with Gasteiger partial charge in [0.2, 0.25) is 5.91 Å². The predicted molar refractivity (Wildman–Crippen MR) is 134 cm³/mol. The zero-order valence-corrected chi connectivity index (χ0v) is 19.7. The molecule has 9 heteroatoms. The maximum absolute atomic E-state index is 13.4. The summed E-state index contributed by atoms with van der Waals surface area (Å²) in [6.07, 6.45) is 0. The highest BCUT2D eigenvalue weighted by atomic mass is 32.2. The second-order valence-electron chi connectivity index (χ2n) is 7.89. The predicted octanol–water partition coefficient (Wildman–Crippen LogP) is 4.95. The van der Waals surface area contributed by atoms with E-state index < -0.39 is 4.92 Å². The Labute approximate surface area is 199 Å². The zero-order valence-electron chi connectivity index (χ0n) is 18.9. The van der Waals surface area contributed by atoms with Gasteiger partial charge in [-0.05, 0) is 56.2 Å². The summed E-state index contributed by atoms with van der Waals surface area (Å²) in [4.78, 5) is 41.5. The molecular formula is C25H22N4O4S. The van der Waals surface area contributed by atoms with E-state index in [1.807, 2.05) is 38.1 Å². The summed E-state index contributed by atoms with van der Waals surface area (Å²) in [7, 11) is 0. The van der Waals surface area contributed by atoms with Crippen molar-refractivity contribution in [1.29, 1.82) is 0 Å². The van der Waals surface area contributed by atoms with E-state index in [-0.39, 0.29) is 22.9 Å². The number of nitrogens with one attached hydrogen (secondary N) is 1. The molecule has 1 N–H and O–H groups in total. The molecule has 0 saturated carbocycles. The van der Waals surface area contributed by atoms with Crippen molar-refractivity contribution in [2.24, 2.45) is 0 Å². The zero-order chi connectivity index (χ0) is 24.4. The van der Waals surface area contributed by atoms with Crippen LogP contribution in [0.5, 0.6) is 0 Å². The van der Waals surface area contributed by atoms with Crippen molar-refractivity contribution in [3.63, 3.8) is 0 Å². The lowest BCUT2D eigenvalue weighted by molar-refractivity contribution is -0.385. The number of fused-ring (bicyclic) bond motifs is 1. The van der Waals surface area contributed by atoms with Gasteiger partial charge in [0.25, 0.3) is 11.2 Å². The molecule has 0 bridgehead atoms. The lowest BCUT2D eigenvalue weighted by Gasteiger charge is -2.16. The molecule has 1 amide bonds. The van der Waals surface area contributed by atoms with Crippen molar-refractivity contribution in [2.45, 2.75) is 25.9 Å². The number of para-hydroxylation sites is 1. The summed E-state index contributed by atoms with van der Waals surface area (Å²) in [6, 6.07) is 17.5. The number of carbonyl (C=O) groups excluding carboxylic acids is 1. The molecule has 0 aliphatic rings. The van der Waals surface area contributed by atoms with E-state index in [2.05, 4.69) is 10.3 Å². The molecule has 0 atom stereocenters. The van der Waals surface area contributed by atoms with Crippen LogP contribution in [0.25, 0.3) is 16.6 Å². The van der Waals surface area contributed by atoms with Crippen LogP contribution in [-0.4, -0.2) is 26.1 Å². The summed E-state index contributed by atoms with van der Waals surface area (Å²) in [5.41, 5.74) is 3.63. The van der Waals surface area contributed by atoms with E-state index in [9.17, 15) is 19.7 Å². The minimum absolute atomic E-state index is 0.0300. The van der Waals surface area contributed by atoms with Gasteiger partial charge in [0.15, 0.2) is 5.16 Å². The Morgan fingerprint density at radius 2 is 1.85 bits per heavy atom. The highest BCUT2D eigenvalue weighted by Crippen LogP contribution is 2.27. The number of thioether (sulfide) groups is 1. The topological polar surface area (TPSA) is 107 Å². The lowest BCUT2D eigenvalue weighted by Crippen LogP contribution is -2.23. The average Bonchev–Trinajstić information content (AvgIpc) is 2.81. The molecular weight excluding hydrogens is 452 g/mol. The summed E-state index contributed by atoms with van der Waals surface area (Å²) in [5, 5.41) is 14.8. The Hall–Kier alpha value is -3.98. The number of carbonyl (C=O) groups is 1. The molecule has 1 heterocycles. The third kappa shape index (κ3) is 4.55. The monoisotopic (exact) mass is 474 g/mol. The fourth-order valence-electron chi connectivity index (χ4n) is 3.65. The van der Waals surface area contributed by atoms with Crippen molar-refractivity contribution < 1.29 is 9.72 Å². The van der Waals surface area contributed by atoms with Gasteiger partial charge < -0.3 is 5.32 Å². The first kappa shape index (κ1) is 23.2. The van der Waals surface area contributed by atoms with Gasteiger partial charge in [0, 0.05) is 6.07 Å². The number of hydrogen-bond acceptors (Lipinski definition) is 6. The maximum atomic E-state index is 13.4. The number of anilines is 1. The number of amides is 1. The van der Waals surface area contributed by atoms with Crippen LogP contribution in [0.1, 0.15) is 16.7 Å². The highest BCUT2D eigenvalue weighted by molar-refractivity contribution is 7.99. The van der Waals surface area contributed by atoms with Crippen LogP contribution in [0.15, 0.2) is 70.6 Å². The third-order valence-corrected chi connectivity index (χ3v) is 6.40. The number of nitrogens with zero attached hydrogens (tertiary/aromatic N) is 3. The largest absolute Gasteiger partial charge is 0.325 e. The number of nitro benzene ring substituents is 1. The number of nitro groups is 1. The number of aryl methyl sites for hydroxylation is 2. The van der Waals surface area contributed by atoms with Crippen molar-refractivity contribution in [3.05, 3.63) is 97.8 Å². The smallest absolute Gasteiger partial charge is 0.274 e. The number of benzene rings is 3. The van der Waals surface area contributed by atoms with E-state index in [0.717, 1.165) is 22.9 Å². The Morgan fingerprint density at radius 3 is 2.62 bits per heavy atom. The summed E-state index contributed by atoms with van der Waals surface area (Å²) < 4.78 is 1.54. The highest BCUT2D eigenvalue weighted by Gasteiger charge is 2.18. The molecule has 0 aliphatic carbocycles. The molecule has 3 aromatic carbocycles. The molecule has 0 fully saturated rings. The fourth-order valence-corrected chi connectivity index (χ4v) is 4.46. The summed E-state index contributed by atoms with van der Waals surface area (Å²) in [6.45, 7) is 5.46. The van der Waals surface area contributed by atoms with Crippen LogP contribution in [-0.2, 0) is 4.79 Å². The Bertz CT molecular complexity index is 1500. The van der Waals surface area contributed by atoms with Crippen LogP contribution in [0.4, 0.5) is 11.4 Å². The Morgan fingerprint density at radius 1 is 1.09 bits per heavy atom. The molecule has 1 aromatic heterocycles. The quantitative estimate of drug-likeness (QED) is 0.183. The number of aromatic nitrogens is 2. The van der Waals surface area contributed by atoms with E-state index in [4.69, 9.17) is 0 Å². The second kappa shape index (κ2) is 9.48. The second-order valence-corrected chi connectivity index (χ2v) is 8.83. The minimum atomic E-state index is -0.485. The lowest BCUT2D eigenvalue weighted by atomic mass is 10.1. The van der Waals surface area contributed by atoms with Crippen LogP contribution >= 0.6 is 11.8 Å². The third-order valence-electron chi connectivity index (χ3n) is 5.46. The van der Waals surface area contributed by atoms with Crippen LogP contribution in [0, 0.1) is 30.9 Å². The van der Waals surface area contributed by atoms with E-state index in [0.29, 0.717) is 33.0 Å².